The number of hydrogen-bond acceptors (Lipinski definition) is 3. The van der Waals surface area contributed by atoms with Crippen LogP contribution in [0.1, 0.15) is 44.7 Å². The topological polar surface area (TPSA) is 41.5 Å². The molecule has 0 aliphatic carbocycles. The summed E-state index contributed by atoms with van der Waals surface area (Å²) in [4.78, 5) is 0. The van der Waals surface area contributed by atoms with Gasteiger partial charge in [-0.25, -0.2) is 0 Å². The van der Waals surface area contributed by atoms with E-state index in [1.165, 1.54) is 5.56 Å². The van der Waals surface area contributed by atoms with Crippen LogP contribution in [0.4, 0.5) is 0 Å². The average molecular weight is 251 g/mol. The fourth-order valence-electron chi connectivity index (χ4n) is 1.88. The lowest BCUT2D eigenvalue weighted by Crippen LogP contribution is -2.23. The highest BCUT2D eigenvalue weighted by Gasteiger charge is 2.10. The van der Waals surface area contributed by atoms with Crippen LogP contribution in [0.5, 0.6) is 5.75 Å². The first-order valence-electron chi connectivity index (χ1n) is 6.88. The second-order valence-corrected chi connectivity index (χ2v) is 4.44. The first-order valence-corrected chi connectivity index (χ1v) is 6.88. The number of hydrogen-bond donors (Lipinski definition) is 2. The Morgan fingerprint density at radius 3 is 2.78 bits per heavy atom. The summed E-state index contributed by atoms with van der Waals surface area (Å²) >= 11 is 0. The van der Waals surface area contributed by atoms with Gasteiger partial charge in [0.05, 0.1) is 6.61 Å². The van der Waals surface area contributed by atoms with Crippen LogP contribution < -0.4 is 10.1 Å². The second kappa shape index (κ2) is 8.95. The lowest BCUT2D eigenvalue weighted by atomic mass is 10.0. The van der Waals surface area contributed by atoms with Gasteiger partial charge in [0, 0.05) is 12.6 Å². The minimum absolute atomic E-state index is 0.196. The summed E-state index contributed by atoms with van der Waals surface area (Å²) in [5.41, 5.74) is 1.19. The van der Waals surface area contributed by atoms with Gasteiger partial charge >= 0.3 is 0 Å². The zero-order chi connectivity index (χ0) is 13.2. The summed E-state index contributed by atoms with van der Waals surface area (Å²) in [5.74, 6) is 0.913. The van der Waals surface area contributed by atoms with Crippen molar-refractivity contribution in [3.05, 3.63) is 29.8 Å². The molecule has 18 heavy (non-hydrogen) atoms. The number of nitrogens with one attached hydrogen (secondary N) is 1. The van der Waals surface area contributed by atoms with Crippen LogP contribution in [0.2, 0.25) is 0 Å². The fraction of sp³-hybridized carbons (Fsp3) is 0.600. The Morgan fingerprint density at radius 1 is 1.28 bits per heavy atom. The van der Waals surface area contributed by atoms with Crippen LogP contribution in [-0.4, -0.2) is 24.9 Å². The van der Waals surface area contributed by atoms with Crippen LogP contribution in [0.15, 0.2) is 24.3 Å². The SMILES string of the molecule is CCCNC(CCO)c1cccc(OCCC)c1. The average Bonchev–Trinajstić information content (AvgIpc) is 2.41. The smallest absolute Gasteiger partial charge is 0.119 e. The summed E-state index contributed by atoms with van der Waals surface area (Å²) in [6, 6.07) is 8.36. The molecule has 0 spiro atoms. The molecule has 0 radical (unpaired) electrons. The van der Waals surface area contributed by atoms with E-state index in [1.54, 1.807) is 0 Å². The van der Waals surface area contributed by atoms with E-state index in [1.807, 2.05) is 12.1 Å². The fourth-order valence-corrected chi connectivity index (χ4v) is 1.88. The highest BCUT2D eigenvalue weighted by molar-refractivity contribution is 5.30. The minimum atomic E-state index is 0.196. The molecule has 102 valence electrons. The largest absolute Gasteiger partial charge is 0.494 e. The number of aliphatic hydroxyl groups is 1. The van der Waals surface area contributed by atoms with Crippen molar-refractivity contribution >= 4 is 0 Å². The van der Waals surface area contributed by atoms with E-state index in [4.69, 9.17) is 9.84 Å². The van der Waals surface area contributed by atoms with Gasteiger partial charge in [0.2, 0.25) is 0 Å². The van der Waals surface area contributed by atoms with Crippen LogP contribution in [0.3, 0.4) is 0 Å². The maximum Gasteiger partial charge on any atom is 0.119 e. The molecule has 0 aliphatic heterocycles. The normalized spacial score (nSPS) is 12.4. The van der Waals surface area contributed by atoms with Gasteiger partial charge in [-0.1, -0.05) is 26.0 Å². The van der Waals surface area contributed by atoms with Gasteiger partial charge in [0.1, 0.15) is 5.75 Å². The molecule has 0 bridgehead atoms. The molecule has 0 aromatic heterocycles. The molecule has 1 aromatic carbocycles. The van der Waals surface area contributed by atoms with Crippen LogP contribution >= 0.6 is 0 Å². The number of ether oxygens (including phenoxy) is 1. The standard InChI is InChI=1S/C15H25NO2/c1-3-9-16-15(8-10-17)13-6-5-7-14(12-13)18-11-4-2/h5-7,12,15-17H,3-4,8-11H2,1-2H3. The molecule has 0 heterocycles. The van der Waals surface area contributed by atoms with E-state index >= 15 is 0 Å². The predicted octanol–water partition coefficient (Wildman–Crippen LogP) is 2.90. The zero-order valence-corrected chi connectivity index (χ0v) is 11.5. The number of aliphatic hydroxyl groups excluding tert-OH is 1. The van der Waals surface area contributed by atoms with Crippen molar-refractivity contribution in [2.45, 2.75) is 39.2 Å². The maximum absolute atomic E-state index is 9.14. The Hall–Kier alpha value is -1.06. The molecule has 1 aromatic rings. The minimum Gasteiger partial charge on any atom is -0.494 e. The molecule has 1 unspecified atom stereocenters. The monoisotopic (exact) mass is 251 g/mol. The Balaban J connectivity index is 2.70. The first-order chi connectivity index (χ1) is 8.81. The molecular formula is C15H25NO2. The predicted molar refractivity (Wildman–Crippen MR) is 75.0 cm³/mol. The lowest BCUT2D eigenvalue weighted by Gasteiger charge is -2.18. The van der Waals surface area contributed by atoms with Crippen molar-refractivity contribution in [1.82, 2.24) is 5.32 Å². The third kappa shape index (κ3) is 5.07. The van der Waals surface area contributed by atoms with Gasteiger partial charge in [-0.05, 0) is 43.5 Å². The van der Waals surface area contributed by atoms with E-state index in [9.17, 15) is 0 Å². The summed E-state index contributed by atoms with van der Waals surface area (Å²) in [7, 11) is 0. The van der Waals surface area contributed by atoms with Crippen LogP contribution in [-0.2, 0) is 0 Å². The van der Waals surface area contributed by atoms with E-state index in [2.05, 4.69) is 31.3 Å². The van der Waals surface area contributed by atoms with Crippen molar-refractivity contribution < 1.29 is 9.84 Å². The molecule has 2 N–H and O–H groups in total. The van der Waals surface area contributed by atoms with E-state index < -0.39 is 0 Å². The second-order valence-electron chi connectivity index (χ2n) is 4.44. The van der Waals surface area contributed by atoms with Gasteiger partial charge in [-0.2, -0.15) is 0 Å². The highest BCUT2D eigenvalue weighted by atomic mass is 16.5. The molecule has 1 rings (SSSR count). The van der Waals surface area contributed by atoms with E-state index in [0.29, 0.717) is 0 Å². The van der Waals surface area contributed by atoms with Gasteiger partial charge in [-0.15, -0.1) is 0 Å². The molecule has 0 fully saturated rings. The van der Waals surface area contributed by atoms with Crippen LogP contribution in [0, 0.1) is 0 Å². The third-order valence-corrected chi connectivity index (χ3v) is 2.79. The number of benzene rings is 1. The lowest BCUT2D eigenvalue weighted by molar-refractivity contribution is 0.265. The van der Waals surface area contributed by atoms with Crippen molar-refractivity contribution in [3.8, 4) is 5.75 Å². The molecule has 0 amide bonds. The quantitative estimate of drug-likeness (QED) is 0.709. The molecular weight excluding hydrogens is 226 g/mol. The first kappa shape index (κ1) is 15.0. The van der Waals surface area contributed by atoms with Crippen molar-refractivity contribution in [2.24, 2.45) is 0 Å². The van der Waals surface area contributed by atoms with Gasteiger partial charge in [0.25, 0.3) is 0 Å². The Bertz CT molecular complexity index is 328. The Morgan fingerprint density at radius 2 is 2.11 bits per heavy atom. The van der Waals surface area contributed by atoms with Crippen molar-refractivity contribution in [3.63, 3.8) is 0 Å². The maximum atomic E-state index is 9.14. The Kier molecular flexibility index (Phi) is 7.46. The van der Waals surface area contributed by atoms with Gasteiger partial charge < -0.3 is 15.2 Å². The third-order valence-electron chi connectivity index (χ3n) is 2.79. The zero-order valence-electron chi connectivity index (χ0n) is 11.5. The summed E-state index contributed by atoms with van der Waals surface area (Å²) in [6.45, 7) is 6.15. The van der Waals surface area contributed by atoms with Crippen molar-refractivity contribution in [2.75, 3.05) is 19.8 Å². The Labute approximate surface area is 110 Å². The van der Waals surface area contributed by atoms with Crippen LogP contribution in [0.25, 0.3) is 0 Å². The number of rotatable bonds is 9. The van der Waals surface area contributed by atoms with Gasteiger partial charge in [-0.3, -0.25) is 0 Å². The molecule has 3 nitrogen and oxygen atoms in total. The summed E-state index contributed by atoms with van der Waals surface area (Å²) in [5, 5.41) is 12.6. The van der Waals surface area contributed by atoms with E-state index in [-0.39, 0.29) is 12.6 Å². The van der Waals surface area contributed by atoms with Gasteiger partial charge in [0.15, 0.2) is 0 Å². The summed E-state index contributed by atoms with van der Waals surface area (Å²) in [6.07, 6.45) is 2.84. The molecule has 0 saturated heterocycles. The molecule has 3 heteroatoms. The molecule has 0 saturated carbocycles. The molecule has 0 aliphatic rings. The molecule has 1 atom stereocenters. The summed E-state index contributed by atoms with van der Waals surface area (Å²) < 4.78 is 5.64. The van der Waals surface area contributed by atoms with Crippen molar-refractivity contribution in [1.29, 1.82) is 0 Å². The highest BCUT2D eigenvalue weighted by Crippen LogP contribution is 2.21. The van der Waals surface area contributed by atoms with E-state index in [0.717, 1.165) is 38.2 Å².